The van der Waals surface area contributed by atoms with Crippen LogP contribution in [0, 0.1) is 5.92 Å². The summed E-state index contributed by atoms with van der Waals surface area (Å²) < 4.78 is 11.3. The van der Waals surface area contributed by atoms with Crippen LogP contribution in [0.15, 0.2) is 24.3 Å². The zero-order valence-electron chi connectivity index (χ0n) is 15.4. The molecule has 3 N–H and O–H groups in total. The molecule has 5 nitrogen and oxygen atoms in total. The molecule has 0 spiro atoms. The minimum atomic E-state index is -0.389. The van der Waals surface area contributed by atoms with Crippen LogP contribution in [0.25, 0.3) is 0 Å². The molecule has 142 valence electrons. The van der Waals surface area contributed by atoms with Crippen LogP contribution < -0.4 is 15.8 Å². The molecule has 0 bridgehead atoms. The molecule has 1 saturated heterocycles. The lowest BCUT2D eigenvalue weighted by atomic mass is 9.90. The zero-order valence-corrected chi connectivity index (χ0v) is 16.2. The maximum atomic E-state index is 12.5. The van der Waals surface area contributed by atoms with Crippen LogP contribution in [0.4, 0.5) is 0 Å². The SMILES string of the molecule is CC(C)CC(C)(CN)NC(=O)c1ccc(OCC2CCCO2)cc1.Cl. The molecule has 0 aliphatic carbocycles. The molecule has 1 fully saturated rings. The molecule has 0 aromatic heterocycles. The third kappa shape index (κ3) is 6.84. The van der Waals surface area contributed by atoms with Gasteiger partial charge in [0.25, 0.3) is 5.91 Å². The number of carbonyl (C=O) groups is 1. The van der Waals surface area contributed by atoms with Gasteiger partial charge in [-0.2, -0.15) is 0 Å². The van der Waals surface area contributed by atoms with Gasteiger partial charge in [-0.25, -0.2) is 0 Å². The lowest BCUT2D eigenvalue weighted by Gasteiger charge is -2.31. The summed E-state index contributed by atoms with van der Waals surface area (Å²) in [7, 11) is 0. The molecule has 1 heterocycles. The number of halogens is 1. The molecule has 0 radical (unpaired) electrons. The van der Waals surface area contributed by atoms with E-state index in [2.05, 4.69) is 19.2 Å². The predicted molar refractivity (Wildman–Crippen MR) is 103 cm³/mol. The molecule has 1 aliphatic heterocycles. The fourth-order valence-electron chi connectivity index (χ4n) is 3.10. The summed E-state index contributed by atoms with van der Waals surface area (Å²) in [5, 5.41) is 3.06. The predicted octanol–water partition coefficient (Wildman–Crippen LogP) is 3.16. The monoisotopic (exact) mass is 370 g/mol. The van der Waals surface area contributed by atoms with E-state index in [0.29, 0.717) is 24.6 Å². The van der Waals surface area contributed by atoms with Crippen LogP contribution in [0.5, 0.6) is 5.75 Å². The highest BCUT2D eigenvalue weighted by Gasteiger charge is 2.26. The highest BCUT2D eigenvalue weighted by molar-refractivity contribution is 5.94. The van der Waals surface area contributed by atoms with Crippen molar-refractivity contribution >= 4 is 18.3 Å². The van der Waals surface area contributed by atoms with Gasteiger partial charge in [0.15, 0.2) is 0 Å². The molecule has 6 heteroatoms. The van der Waals surface area contributed by atoms with Crippen LogP contribution in [-0.4, -0.2) is 37.3 Å². The maximum Gasteiger partial charge on any atom is 0.251 e. The van der Waals surface area contributed by atoms with E-state index < -0.39 is 0 Å². The Morgan fingerprint density at radius 1 is 1.40 bits per heavy atom. The number of amides is 1. The number of carbonyl (C=O) groups excluding carboxylic acids is 1. The Bertz CT molecular complexity index is 530. The van der Waals surface area contributed by atoms with Crippen LogP contribution in [0.2, 0.25) is 0 Å². The van der Waals surface area contributed by atoms with Crippen molar-refractivity contribution in [3.8, 4) is 5.75 Å². The van der Waals surface area contributed by atoms with Crippen LogP contribution >= 0.6 is 12.4 Å². The summed E-state index contributed by atoms with van der Waals surface area (Å²) >= 11 is 0. The van der Waals surface area contributed by atoms with Gasteiger partial charge in [-0.15, -0.1) is 12.4 Å². The normalized spacial score (nSPS) is 19.2. The molecule has 25 heavy (non-hydrogen) atoms. The van der Waals surface area contributed by atoms with Gasteiger partial charge in [0, 0.05) is 24.3 Å². The smallest absolute Gasteiger partial charge is 0.251 e. The van der Waals surface area contributed by atoms with E-state index in [1.54, 1.807) is 12.1 Å². The summed E-state index contributed by atoms with van der Waals surface area (Å²) in [6.07, 6.45) is 3.18. The van der Waals surface area contributed by atoms with E-state index in [0.717, 1.165) is 31.6 Å². The Morgan fingerprint density at radius 3 is 2.60 bits per heavy atom. The topological polar surface area (TPSA) is 73.6 Å². The minimum Gasteiger partial charge on any atom is -0.491 e. The summed E-state index contributed by atoms with van der Waals surface area (Å²) in [6, 6.07) is 7.22. The lowest BCUT2D eigenvalue weighted by Crippen LogP contribution is -2.52. The number of nitrogens with one attached hydrogen (secondary N) is 1. The van der Waals surface area contributed by atoms with Gasteiger partial charge < -0.3 is 20.5 Å². The van der Waals surface area contributed by atoms with Gasteiger partial charge in [-0.1, -0.05) is 13.8 Å². The number of hydrogen-bond acceptors (Lipinski definition) is 4. The number of benzene rings is 1. The zero-order chi connectivity index (χ0) is 17.6. The van der Waals surface area contributed by atoms with Crippen molar-refractivity contribution in [2.75, 3.05) is 19.8 Å². The van der Waals surface area contributed by atoms with E-state index in [1.807, 2.05) is 19.1 Å². The molecule has 2 unspecified atom stereocenters. The van der Waals surface area contributed by atoms with Crippen molar-refractivity contribution in [2.24, 2.45) is 11.7 Å². The average molecular weight is 371 g/mol. The first-order chi connectivity index (χ1) is 11.4. The Labute approximate surface area is 157 Å². The quantitative estimate of drug-likeness (QED) is 0.737. The number of ether oxygens (including phenoxy) is 2. The third-order valence-corrected chi connectivity index (χ3v) is 4.30. The summed E-state index contributed by atoms with van der Waals surface area (Å²) in [4.78, 5) is 12.5. The van der Waals surface area contributed by atoms with Crippen molar-refractivity contribution < 1.29 is 14.3 Å². The Hall–Kier alpha value is -1.30. The van der Waals surface area contributed by atoms with Gasteiger partial charge in [0.2, 0.25) is 0 Å². The highest BCUT2D eigenvalue weighted by atomic mass is 35.5. The van der Waals surface area contributed by atoms with Crippen LogP contribution in [0.1, 0.15) is 50.4 Å². The molecule has 1 amide bonds. The van der Waals surface area contributed by atoms with E-state index in [1.165, 1.54) is 0 Å². The Kier molecular flexibility index (Phi) is 8.69. The van der Waals surface area contributed by atoms with Crippen LogP contribution in [-0.2, 0) is 4.74 Å². The van der Waals surface area contributed by atoms with E-state index >= 15 is 0 Å². The first-order valence-electron chi connectivity index (χ1n) is 8.79. The van der Waals surface area contributed by atoms with Crippen molar-refractivity contribution in [2.45, 2.75) is 51.7 Å². The first kappa shape index (κ1) is 21.7. The fraction of sp³-hybridized carbons (Fsp3) is 0.632. The van der Waals surface area contributed by atoms with Gasteiger partial charge >= 0.3 is 0 Å². The second-order valence-corrected chi connectivity index (χ2v) is 7.29. The Morgan fingerprint density at radius 2 is 2.08 bits per heavy atom. The average Bonchev–Trinajstić information content (AvgIpc) is 3.06. The van der Waals surface area contributed by atoms with Gasteiger partial charge in [-0.05, 0) is 56.4 Å². The van der Waals surface area contributed by atoms with Crippen molar-refractivity contribution in [1.82, 2.24) is 5.32 Å². The van der Waals surface area contributed by atoms with Gasteiger partial charge in [-0.3, -0.25) is 4.79 Å². The number of hydrogen-bond donors (Lipinski definition) is 2. The maximum absolute atomic E-state index is 12.5. The van der Waals surface area contributed by atoms with Crippen LogP contribution in [0.3, 0.4) is 0 Å². The van der Waals surface area contributed by atoms with Crippen molar-refractivity contribution in [1.29, 1.82) is 0 Å². The second-order valence-electron chi connectivity index (χ2n) is 7.29. The largest absolute Gasteiger partial charge is 0.491 e. The molecule has 2 rings (SSSR count). The summed E-state index contributed by atoms with van der Waals surface area (Å²) in [6.45, 7) is 8.04. The molecule has 0 saturated carbocycles. The highest BCUT2D eigenvalue weighted by Crippen LogP contribution is 2.19. The third-order valence-electron chi connectivity index (χ3n) is 4.30. The Balaban J connectivity index is 0.00000312. The second kappa shape index (κ2) is 10.00. The fourth-order valence-corrected chi connectivity index (χ4v) is 3.10. The summed E-state index contributed by atoms with van der Waals surface area (Å²) in [5.74, 6) is 1.12. The standard InChI is InChI=1S/C19H30N2O3.ClH/c1-14(2)11-19(3,13-20)21-18(22)15-6-8-16(9-7-15)24-12-17-5-4-10-23-17;/h6-9,14,17H,4-5,10-13,20H2,1-3H3,(H,21,22);1H. The van der Waals surface area contributed by atoms with E-state index in [-0.39, 0.29) is 30.0 Å². The molecular formula is C19H31ClN2O3. The van der Waals surface area contributed by atoms with Gasteiger partial charge in [0.1, 0.15) is 12.4 Å². The molecule has 1 aromatic carbocycles. The molecule has 1 aromatic rings. The van der Waals surface area contributed by atoms with Gasteiger partial charge in [0.05, 0.1) is 6.10 Å². The van der Waals surface area contributed by atoms with Crippen molar-refractivity contribution in [3.05, 3.63) is 29.8 Å². The molecular weight excluding hydrogens is 340 g/mol. The van der Waals surface area contributed by atoms with Crippen molar-refractivity contribution in [3.63, 3.8) is 0 Å². The van der Waals surface area contributed by atoms with E-state index in [9.17, 15) is 4.79 Å². The summed E-state index contributed by atoms with van der Waals surface area (Å²) in [5.41, 5.74) is 6.08. The number of nitrogens with two attached hydrogens (primary N) is 1. The van der Waals surface area contributed by atoms with E-state index in [4.69, 9.17) is 15.2 Å². The lowest BCUT2D eigenvalue weighted by molar-refractivity contribution is 0.0679. The number of rotatable bonds is 8. The molecule has 2 atom stereocenters. The first-order valence-corrected chi connectivity index (χ1v) is 8.79. The minimum absolute atomic E-state index is 0. The molecule has 1 aliphatic rings.